The maximum absolute atomic E-state index is 12.1. The number of nitrogens with one attached hydrogen (secondary N) is 4. The third-order valence-corrected chi connectivity index (χ3v) is 24.8. The van der Waals surface area contributed by atoms with Crippen LogP contribution < -0.4 is 32.7 Å². The largest absolute Gasteiger partial charge is 0.478 e. The summed E-state index contributed by atoms with van der Waals surface area (Å²) < 4.78 is 5.34. The third kappa shape index (κ3) is 38.1. The van der Waals surface area contributed by atoms with Gasteiger partial charge in [-0.25, -0.2) is 9.59 Å². The molecule has 1 heterocycles. The van der Waals surface area contributed by atoms with Crippen molar-refractivity contribution in [3.63, 3.8) is 0 Å². The normalized spacial score (nSPS) is 19.2. The number of hydrogen-bond acceptors (Lipinski definition) is 15. The van der Waals surface area contributed by atoms with E-state index < -0.39 is 11.9 Å². The van der Waals surface area contributed by atoms with Crippen LogP contribution in [0.4, 0.5) is 0 Å². The van der Waals surface area contributed by atoms with Gasteiger partial charge in [-0.15, -0.1) is 0 Å². The molecular formula is C101H139N9O13. The zero-order valence-electron chi connectivity index (χ0n) is 75.2. The minimum Gasteiger partial charge on any atom is -0.478 e. The minimum atomic E-state index is -0.987. The number of rotatable bonds is 30. The van der Waals surface area contributed by atoms with Crippen molar-refractivity contribution in [3.8, 4) is 11.5 Å². The molecule has 5 aliphatic rings. The number of nitrogens with zero attached hydrogens (tertiary/aromatic N) is 3. The number of aromatic carboxylic acids is 1. The molecule has 4 amide bonds. The summed E-state index contributed by atoms with van der Waals surface area (Å²) in [6.45, 7) is 32.5. The molecule has 22 nitrogen and oxygen atoms in total. The fourth-order valence-electron chi connectivity index (χ4n) is 15.8. The minimum absolute atomic E-state index is 0.0377. The van der Waals surface area contributed by atoms with Crippen molar-refractivity contribution in [1.29, 1.82) is 0 Å². The smallest absolute Gasteiger partial charge is 0.335 e. The highest BCUT2D eigenvalue weighted by atomic mass is 16.5. The number of aromatic nitrogens is 2. The molecule has 1 aromatic heterocycles. The summed E-state index contributed by atoms with van der Waals surface area (Å²) >= 11 is 0. The predicted octanol–water partition coefficient (Wildman–Crippen LogP) is 20.0. The first-order valence-electron chi connectivity index (χ1n) is 43.8. The molecule has 5 saturated carbocycles. The molecule has 11 N–H and O–H groups in total. The van der Waals surface area contributed by atoms with Gasteiger partial charge < -0.3 is 52.7 Å². The molecule has 22 heteroatoms. The van der Waals surface area contributed by atoms with Crippen molar-refractivity contribution in [1.82, 2.24) is 31.4 Å². The monoisotopic (exact) mass is 1690 g/mol. The number of Topliss-reactive ketones (excluding diaryl/α,β-unsaturated/α-hetero) is 1. The summed E-state index contributed by atoms with van der Waals surface area (Å²) in [6.07, 6.45) is 42.0. The summed E-state index contributed by atoms with van der Waals surface area (Å²) in [5.41, 5.74) is 20.0. The molecule has 123 heavy (non-hydrogen) atoms. The molecule has 5 aromatic carbocycles. The summed E-state index contributed by atoms with van der Waals surface area (Å²) in [5.74, 6) is 2.51. The van der Waals surface area contributed by atoms with Gasteiger partial charge in [0, 0.05) is 91.7 Å². The molecule has 0 spiro atoms. The molecule has 0 bridgehead atoms. The van der Waals surface area contributed by atoms with Gasteiger partial charge >= 0.3 is 11.9 Å². The second kappa shape index (κ2) is 52.5. The van der Waals surface area contributed by atoms with E-state index in [0.29, 0.717) is 92.1 Å². The Labute approximate surface area is 730 Å². The van der Waals surface area contributed by atoms with Gasteiger partial charge in [0.1, 0.15) is 18.4 Å². The molecule has 0 radical (unpaired) electrons. The Morgan fingerprint density at radius 2 is 0.748 bits per heavy atom. The quantitative estimate of drug-likeness (QED) is 0.00385. The van der Waals surface area contributed by atoms with Crippen LogP contribution in [0.5, 0.6) is 0 Å². The average Bonchev–Trinajstić information content (AvgIpc) is 1.73. The number of nitrogens with two attached hydrogens (primary N) is 2. The topological polar surface area (TPSA) is 366 Å². The van der Waals surface area contributed by atoms with E-state index >= 15 is 0 Å². The lowest BCUT2D eigenvalue weighted by atomic mass is 9.82. The first-order valence-corrected chi connectivity index (χ1v) is 43.8. The van der Waals surface area contributed by atoms with Gasteiger partial charge in [0.25, 0.3) is 5.89 Å². The standard InChI is InChI=1S/C23H31N3O2.C19H25NO2.C18H23NO3.C18H23NO2.C10H8O3.C8H17N.C5H12N2O/c1-4-5-8-20-25-22(28-26-20)18-12-9-17(10-13-18)11-14-21(27)24-16-19-7-6-15-23(19,2)3;1-14(21)16-9-6-15(7-10-16)8-11-18(22)20-13-17-5-4-12-19(17,2)3;1-18(2)11-3-4-15(18)12-19-16(20)10-7-13-5-8-14(9-6-13)17(21)22;1-18(2)11-3-4-16(18)12-19-17(21)10-9-14-5-7-15(13-20)8-6-14;11-7-9-3-1-8(2-4-9)5-6-10(12)13;1-8(2)5-3-4-7(8)6-9;1-2-3-4-5(6)7-8/h9-14,19H,4-8,15-16H2,1-3H3,(H,24,27);6-11,17H,4-5,12-13H2,1-3H3,(H,20,22);5-10,15H,3-4,11-12H2,1-2H3,(H,19,20)(H,21,22);5-10,13,16H,3-4,11-12H2,1-2H3,(H,19,21);1-7H,(H,12,13);7H,3-6,9H2,1-2H3;8H,2-4H2,1H3,(H2,6,7)/b14-11+;11-8+;10-7+;10-9+;6-5+;;. The summed E-state index contributed by atoms with van der Waals surface area (Å²) in [6, 6.07) is 35.2. The molecular weight excluding hydrogens is 1550 g/mol. The number of carbonyl (C=O) groups excluding carboxylic acids is 7. The zero-order chi connectivity index (χ0) is 90.6. The maximum atomic E-state index is 12.1. The van der Waals surface area contributed by atoms with Crippen molar-refractivity contribution in [2.24, 2.45) is 73.3 Å². The molecule has 0 aliphatic heterocycles. The van der Waals surface area contributed by atoms with Crippen molar-refractivity contribution < 1.29 is 63.1 Å². The Balaban J connectivity index is 0.000000264. The second-order valence-corrected chi connectivity index (χ2v) is 36.2. The van der Waals surface area contributed by atoms with E-state index in [4.69, 9.17) is 31.4 Å². The van der Waals surface area contributed by atoms with Gasteiger partial charge in [0.15, 0.2) is 11.6 Å². The molecule has 5 atom stereocenters. The van der Waals surface area contributed by atoms with E-state index in [-0.39, 0.29) is 35.0 Å². The molecule has 666 valence electrons. The Morgan fingerprint density at radius 3 is 1.02 bits per heavy atom. The van der Waals surface area contributed by atoms with Crippen LogP contribution in [0.25, 0.3) is 41.8 Å². The van der Waals surface area contributed by atoms with E-state index in [2.05, 4.69) is 120 Å². The van der Waals surface area contributed by atoms with Crippen molar-refractivity contribution in [2.45, 2.75) is 225 Å². The number of aryl methyl sites for hydroxylation is 1. The summed E-state index contributed by atoms with van der Waals surface area (Å²) in [4.78, 5) is 105. The molecule has 6 aromatic rings. The number of carbonyl (C=O) groups is 9. The van der Waals surface area contributed by atoms with Crippen LogP contribution in [0.1, 0.15) is 293 Å². The van der Waals surface area contributed by atoms with E-state index in [0.717, 1.165) is 122 Å². The van der Waals surface area contributed by atoms with Gasteiger partial charge in [-0.2, -0.15) is 4.98 Å². The Hall–Kier alpha value is -11.0. The third-order valence-electron chi connectivity index (χ3n) is 24.8. The van der Waals surface area contributed by atoms with Gasteiger partial charge in [0.2, 0.25) is 23.6 Å². The molecule has 5 unspecified atom stereocenters. The van der Waals surface area contributed by atoms with Crippen molar-refractivity contribution in [2.75, 3.05) is 32.7 Å². The van der Waals surface area contributed by atoms with Gasteiger partial charge in [-0.05, 0) is 230 Å². The Bertz CT molecular complexity index is 4370. The van der Waals surface area contributed by atoms with Crippen molar-refractivity contribution >= 4 is 90.1 Å². The highest BCUT2D eigenvalue weighted by Crippen LogP contribution is 2.45. The fourth-order valence-corrected chi connectivity index (χ4v) is 15.8. The van der Waals surface area contributed by atoms with Crippen molar-refractivity contribution in [3.05, 3.63) is 208 Å². The van der Waals surface area contributed by atoms with Crippen LogP contribution in [0, 0.1) is 56.7 Å². The van der Waals surface area contributed by atoms with Crippen LogP contribution in [0.2, 0.25) is 0 Å². The predicted molar refractivity (Wildman–Crippen MR) is 494 cm³/mol. The first-order chi connectivity index (χ1) is 58.4. The lowest BCUT2D eigenvalue weighted by Crippen LogP contribution is -2.32. The van der Waals surface area contributed by atoms with E-state index in [9.17, 15) is 43.2 Å². The number of amidine groups is 1. The molecule has 5 aliphatic carbocycles. The number of carboxylic acid groups (broad SMARTS) is 2. The number of unbranched alkanes of at least 4 members (excludes halogenated alkanes) is 2. The summed E-state index contributed by atoms with van der Waals surface area (Å²) in [7, 11) is 0. The van der Waals surface area contributed by atoms with Gasteiger partial charge in [-0.1, -0.05) is 235 Å². The number of oxime groups is 1. The first kappa shape index (κ1) is 103. The zero-order valence-corrected chi connectivity index (χ0v) is 75.2. The van der Waals surface area contributed by atoms with Crippen LogP contribution in [0.3, 0.4) is 0 Å². The number of amides is 4. The SMILES string of the molecule is CC(=O)c1ccc(/C=C/C(=O)NCC2CCCC2(C)C)cc1.CC1(C)CCCC1CN.CC1(C)CCCC1CNC(=O)/C=C/c1ccc(C(=O)O)cc1.CC1(C)CCCC1CNC(=O)/C=C/c1ccc(C=O)cc1.CCCC/C(N)=N/O.CCCCc1noc(-c2ccc(/C=C/C(=O)NCC3CCCC3(C)C)cc2)n1.O=Cc1ccc(/C=C/C(=O)O)cc1. The lowest BCUT2D eigenvalue weighted by molar-refractivity contribution is -0.131. The molecule has 5 fully saturated rings. The van der Waals surface area contributed by atoms with Crippen LogP contribution in [-0.2, 0) is 30.4 Å². The lowest BCUT2D eigenvalue weighted by Gasteiger charge is -2.26. The van der Waals surface area contributed by atoms with Gasteiger partial charge in [-0.3, -0.25) is 33.6 Å². The Morgan fingerprint density at radius 1 is 0.447 bits per heavy atom. The number of ketones is 1. The van der Waals surface area contributed by atoms with Crippen LogP contribution in [0.15, 0.2) is 161 Å². The number of aldehydes is 2. The second-order valence-electron chi connectivity index (χ2n) is 36.2. The van der Waals surface area contributed by atoms with E-state index in [1.807, 2.05) is 54.6 Å². The highest BCUT2D eigenvalue weighted by Gasteiger charge is 2.38. The number of aliphatic carboxylic acids is 1. The Kier molecular flexibility index (Phi) is 43.7. The van der Waals surface area contributed by atoms with Crippen LogP contribution in [-0.4, -0.2) is 118 Å². The van der Waals surface area contributed by atoms with Crippen LogP contribution >= 0.6 is 0 Å². The van der Waals surface area contributed by atoms with E-state index in [1.54, 1.807) is 104 Å². The molecule has 11 rings (SSSR count). The molecule has 0 saturated heterocycles. The highest BCUT2D eigenvalue weighted by molar-refractivity contribution is 5.96. The van der Waals surface area contributed by atoms with E-state index in [1.165, 1.54) is 121 Å². The maximum Gasteiger partial charge on any atom is 0.335 e. The number of hydrogen-bond donors (Lipinski definition) is 9. The van der Waals surface area contributed by atoms with Gasteiger partial charge in [0.05, 0.1) is 5.56 Å². The number of benzene rings is 5. The number of carboxylic acids is 2. The summed E-state index contributed by atoms with van der Waals surface area (Å²) in [5, 5.41) is 44.0. The average molecular weight is 1690 g/mol. The fraction of sp³-hybridized carbons (Fsp3) is 0.485.